The van der Waals surface area contributed by atoms with Crippen molar-refractivity contribution in [2.75, 3.05) is 5.32 Å². The second-order valence-corrected chi connectivity index (χ2v) is 3.98. The number of benzene rings is 1. The fourth-order valence-corrected chi connectivity index (χ4v) is 1.73. The number of carbonyl (C=O) groups excluding carboxylic acids is 1. The highest BCUT2D eigenvalue weighted by atomic mass is 19.1. The first-order valence-corrected chi connectivity index (χ1v) is 4.94. The molecule has 1 amide bonds. The van der Waals surface area contributed by atoms with Gasteiger partial charge in [-0.1, -0.05) is 6.07 Å². The number of anilines is 1. The van der Waals surface area contributed by atoms with Crippen LogP contribution in [0.2, 0.25) is 0 Å². The Morgan fingerprint density at radius 1 is 1.47 bits per heavy atom. The summed E-state index contributed by atoms with van der Waals surface area (Å²) in [6, 6.07) is 4.20. The number of nitrogens with one attached hydrogen (secondary N) is 2. The van der Waals surface area contributed by atoms with Gasteiger partial charge in [0.25, 0.3) is 0 Å². The molecule has 4 heteroatoms. The van der Waals surface area contributed by atoms with Crippen LogP contribution in [0.3, 0.4) is 0 Å². The lowest BCUT2D eigenvalue weighted by Gasteiger charge is -2.14. The van der Waals surface area contributed by atoms with Gasteiger partial charge in [0, 0.05) is 17.3 Å². The second kappa shape index (κ2) is 3.62. The molecule has 1 aromatic rings. The van der Waals surface area contributed by atoms with Crippen molar-refractivity contribution in [1.82, 2.24) is 5.32 Å². The van der Waals surface area contributed by atoms with E-state index in [9.17, 15) is 9.18 Å². The summed E-state index contributed by atoms with van der Waals surface area (Å²) in [4.78, 5) is 11.6. The Bertz CT molecular complexity index is 404. The number of carbonyl (C=O) groups is 1. The number of halogens is 1. The molecule has 1 heterocycles. The smallest absolute Gasteiger partial charge is 0.246 e. The molecule has 0 saturated carbocycles. The van der Waals surface area contributed by atoms with Gasteiger partial charge in [-0.05, 0) is 26.0 Å². The van der Waals surface area contributed by atoms with E-state index in [1.54, 1.807) is 6.07 Å². The zero-order valence-corrected chi connectivity index (χ0v) is 8.67. The zero-order valence-electron chi connectivity index (χ0n) is 8.67. The summed E-state index contributed by atoms with van der Waals surface area (Å²) in [5.41, 5.74) is 1.38. The van der Waals surface area contributed by atoms with Crippen LogP contribution in [0.1, 0.15) is 25.5 Å². The van der Waals surface area contributed by atoms with Gasteiger partial charge >= 0.3 is 0 Å². The van der Waals surface area contributed by atoms with Crippen LogP contribution in [0.5, 0.6) is 0 Å². The van der Waals surface area contributed by atoms with Crippen LogP contribution >= 0.6 is 0 Å². The van der Waals surface area contributed by atoms with Crippen LogP contribution in [0.4, 0.5) is 10.1 Å². The van der Waals surface area contributed by atoms with Crippen LogP contribution in [0, 0.1) is 5.82 Å². The number of hydrogen-bond donors (Lipinski definition) is 2. The summed E-state index contributed by atoms with van der Waals surface area (Å²) in [7, 11) is 0. The minimum absolute atomic E-state index is 0.121. The Morgan fingerprint density at radius 3 is 2.87 bits per heavy atom. The monoisotopic (exact) mass is 208 g/mol. The maximum Gasteiger partial charge on any atom is 0.246 e. The Labute approximate surface area is 87.7 Å². The Balaban J connectivity index is 2.33. The normalized spacial score (nSPS) is 19.2. The highest BCUT2D eigenvalue weighted by Gasteiger charge is 2.30. The second-order valence-electron chi connectivity index (χ2n) is 3.98. The zero-order chi connectivity index (χ0) is 11.0. The molecule has 1 aromatic carbocycles. The quantitative estimate of drug-likeness (QED) is 0.778. The van der Waals surface area contributed by atoms with Gasteiger partial charge in [-0.3, -0.25) is 10.1 Å². The topological polar surface area (TPSA) is 41.1 Å². The molecule has 2 rings (SSSR count). The summed E-state index contributed by atoms with van der Waals surface area (Å²) >= 11 is 0. The van der Waals surface area contributed by atoms with Crippen molar-refractivity contribution in [2.45, 2.75) is 25.9 Å². The minimum Gasteiger partial charge on any atom is -0.324 e. The summed E-state index contributed by atoms with van der Waals surface area (Å²) < 4.78 is 12.9. The van der Waals surface area contributed by atoms with E-state index < -0.39 is 0 Å². The van der Waals surface area contributed by atoms with Crippen molar-refractivity contribution in [2.24, 2.45) is 0 Å². The lowest BCUT2D eigenvalue weighted by molar-refractivity contribution is -0.117. The lowest BCUT2D eigenvalue weighted by atomic mass is 10.1. The maximum absolute atomic E-state index is 12.9. The first-order valence-electron chi connectivity index (χ1n) is 4.94. The van der Waals surface area contributed by atoms with E-state index in [2.05, 4.69) is 10.6 Å². The molecule has 3 nitrogen and oxygen atoms in total. The Kier molecular flexibility index (Phi) is 2.44. The SMILES string of the molecule is CC(C)NC1C(=O)Nc2cc(F)ccc21. The highest BCUT2D eigenvalue weighted by molar-refractivity contribution is 6.02. The molecule has 0 aliphatic carbocycles. The van der Waals surface area contributed by atoms with Gasteiger partial charge < -0.3 is 5.32 Å². The van der Waals surface area contributed by atoms with Crippen LogP contribution in [0.15, 0.2) is 18.2 Å². The van der Waals surface area contributed by atoms with Gasteiger partial charge in [0.1, 0.15) is 11.9 Å². The van der Waals surface area contributed by atoms with Crippen molar-refractivity contribution in [3.8, 4) is 0 Å². The van der Waals surface area contributed by atoms with Gasteiger partial charge in [0.15, 0.2) is 0 Å². The van der Waals surface area contributed by atoms with E-state index in [-0.39, 0.29) is 23.8 Å². The van der Waals surface area contributed by atoms with Gasteiger partial charge in [0.2, 0.25) is 5.91 Å². The highest BCUT2D eigenvalue weighted by Crippen LogP contribution is 2.31. The first-order chi connectivity index (χ1) is 7.08. The molecule has 15 heavy (non-hydrogen) atoms. The van der Waals surface area contributed by atoms with Crippen LogP contribution in [-0.2, 0) is 4.79 Å². The summed E-state index contributed by atoms with van der Waals surface area (Å²) in [6.45, 7) is 3.93. The molecular weight excluding hydrogens is 195 g/mol. The number of hydrogen-bond acceptors (Lipinski definition) is 2. The third-order valence-corrected chi connectivity index (χ3v) is 2.35. The van der Waals surface area contributed by atoms with E-state index in [0.29, 0.717) is 5.69 Å². The van der Waals surface area contributed by atoms with E-state index in [4.69, 9.17) is 0 Å². The molecule has 1 unspecified atom stereocenters. The number of rotatable bonds is 2. The van der Waals surface area contributed by atoms with Crippen molar-refractivity contribution < 1.29 is 9.18 Å². The van der Waals surface area contributed by atoms with E-state index in [1.165, 1.54) is 12.1 Å². The van der Waals surface area contributed by atoms with Gasteiger partial charge in [0.05, 0.1) is 0 Å². The molecule has 0 fully saturated rings. The average Bonchev–Trinajstić information content (AvgIpc) is 2.41. The van der Waals surface area contributed by atoms with Gasteiger partial charge in [-0.2, -0.15) is 0 Å². The fourth-order valence-electron chi connectivity index (χ4n) is 1.73. The summed E-state index contributed by atoms with van der Waals surface area (Å²) in [5, 5.41) is 5.78. The molecule has 1 atom stereocenters. The third-order valence-electron chi connectivity index (χ3n) is 2.35. The first kappa shape index (κ1) is 10.1. The van der Waals surface area contributed by atoms with Crippen LogP contribution < -0.4 is 10.6 Å². The van der Waals surface area contributed by atoms with Crippen molar-refractivity contribution in [1.29, 1.82) is 0 Å². The van der Waals surface area contributed by atoms with Crippen LogP contribution in [0.25, 0.3) is 0 Å². The number of amides is 1. The maximum atomic E-state index is 12.9. The molecule has 0 aromatic heterocycles. The minimum atomic E-state index is -0.361. The molecule has 0 saturated heterocycles. The molecule has 0 radical (unpaired) electrons. The number of fused-ring (bicyclic) bond motifs is 1. The molecule has 1 aliphatic rings. The van der Waals surface area contributed by atoms with E-state index in [0.717, 1.165) is 5.56 Å². The fraction of sp³-hybridized carbons (Fsp3) is 0.364. The van der Waals surface area contributed by atoms with Crippen LogP contribution in [-0.4, -0.2) is 11.9 Å². The largest absolute Gasteiger partial charge is 0.324 e. The van der Waals surface area contributed by atoms with E-state index in [1.807, 2.05) is 13.8 Å². The molecule has 0 bridgehead atoms. The predicted molar refractivity (Wildman–Crippen MR) is 56.0 cm³/mol. The molecular formula is C11H13FN2O. The van der Waals surface area contributed by atoms with Gasteiger partial charge in [-0.15, -0.1) is 0 Å². The van der Waals surface area contributed by atoms with Crippen molar-refractivity contribution >= 4 is 11.6 Å². The average molecular weight is 208 g/mol. The molecule has 2 N–H and O–H groups in total. The van der Waals surface area contributed by atoms with E-state index >= 15 is 0 Å². The third kappa shape index (κ3) is 1.85. The van der Waals surface area contributed by atoms with Crippen molar-refractivity contribution in [3.63, 3.8) is 0 Å². The Hall–Kier alpha value is -1.42. The van der Waals surface area contributed by atoms with Crippen molar-refractivity contribution in [3.05, 3.63) is 29.6 Å². The van der Waals surface area contributed by atoms with Gasteiger partial charge in [-0.25, -0.2) is 4.39 Å². The summed E-state index contributed by atoms with van der Waals surface area (Å²) in [5.74, 6) is -0.455. The predicted octanol–water partition coefficient (Wildman–Crippen LogP) is 1.82. The Morgan fingerprint density at radius 2 is 2.20 bits per heavy atom. The molecule has 0 spiro atoms. The summed E-state index contributed by atoms with van der Waals surface area (Å²) in [6.07, 6.45) is 0. The lowest BCUT2D eigenvalue weighted by Crippen LogP contribution is -2.32. The standard InChI is InChI=1S/C11H13FN2O/c1-6(2)13-10-8-4-3-7(12)5-9(8)14-11(10)15/h3-6,10,13H,1-2H3,(H,14,15). The molecule has 80 valence electrons. The molecule has 1 aliphatic heterocycles.